The highest BCUT2D eigenvalue weighted by Crippen LogP contribution is 2.29. The smallest absolute Gasteiger partial charge is 0.269 e. The number of hydrogen-bond donors (Lipinski definition) is 3. The Morgan fingerprint density at radius 2 is 1.96 bits per heavy atom. The third-order valence-electron chi connectivity index (χ3n) is 3.41. The summed E-state index contributed by atoms with van der Waals surface area (Å²) < 4.78 is 5.82. The van der Waals surface area contributed by atoms with Crippen LogP contribution in [0.2, 0.25) is 0 Å². The van der Waals surface area contributed by atoms with Gasteiger partial charge in [-0.05, 0) is 38.2 Å². The van der Waals surface area contributed by atoms with Crippen LogP contribution in [0.4, 0.5) is 5.69 Å². The number of nitrogens with one attached hydrogen (secondary N) is 3. The molecule has 7 heteroatoms. The number of anilines is 1. The summed E-state index contributed by atoms with van der Waals surface area (Å²) in [6, 6.07) is 10.4. The molecule has 0 saturated heterocycles. The highest BCUT2D eigenvalue weighted by molar-refractivity contribution is 5.93. The van der Waals surface area contributed by atoms with Gasteiger partial charge in [-0.1, -0.05) is 12.1 Å². The summed E-state index contributed by atoms with van der Waals surface area (Å²) in [7, 11) is 3.39. The zero-order valence-electron chi connectivity index (χ0n) is 14.3. The normalized spacial score (nSPS) is 10.2. The lowest BCUT2D eigenvalue weighted by atomic mass is 10.2. The quantitative estimate of drug-likeness (QED) is 0.640. The number of pyridine rings is 1. The van der Waals surface area contributed by atoms with Crippen LogP contribution in [0.3, 0.4) is 0 Å². The molecule has 2 aromatic rings. The zero-order chi connectivity index (χ0) is 18.1. The van der Waals surface area contributed by atoms with Crippen LogP contribution in [0.5, 0.6) is 11.5 Å². The second-order valence-corrected chi connectivity index (χ2v) is 5.31. The Hall–Kier alpha value is -2.93. The second kappa shape index (κ2) is 9.39. The van der Waals surface area contributed by atoms with E-state index < -0.39 is 0 Å². The minimum atomic E-state index is -0.295. The van der Waals surface area contributed by atoms with Crippen molar-refractivity contribution in [1.82, 2.24) is 15.6 Å². The molecule has 0 spiro atoms. The number of para-hydroxylation sites is 2. The monoisotopic (exact) mass is 342 g/mol. The van der Waals surface area contributed by atoms with Crippen LogP contribution >= 0.6 is 0 Å². The first-order valence-electron chi connectivity index (χ1n) is 8.03. The molecule has 0 saturated carbocycles. The molecule has 3 N–H and O–H groups in total. The van der Waals surface area contributed by atoms with Crippen LogP contribution in [0.25, 0.3) is 0 Å². The number of amides is 2. The van der Waals surface area contributed by atoms with Crippen LogP contribution in [-0.2, 0) is 4.79 Å². The molecule has 1 aromatic heterocycles. The molecule has 132 valence electrons. The lowest BCUT2D eigenvalue weighted by Gasteiger charge is -2.12. The predicted molar refractivity (Wildman–Crippen MR) is 95.9 cm³/mol. The first-order chi connectivity index (χ1) is 12.1. The fourth-order valence-corrected chi connectivity index (χ4v) is 2.15. The highest BCUT2D eigenvalue weighted by Gasteiger charge is 2.10. The van der Waals surface area contributed by atoms with Crippen molar-refractivity contribution in [2.75, 3.05) is 26.0 Å². The number of hydrogen-bond acceptors (Lipinski definition) is 5. The van der Waals surface area contributed by atoms with Crippen molar-refractivity contribution in [3.63, 3.8) is 0 Å². The molecule has 7 nitrogen and oxygen atoms in total. The van der Waals surface area contributed by atoms with E-state index in [1.54, 1.807) is 24.3 Å². The van der Waals surface area contributed by atoms with Crippen molar-refractivity contribution in [3.05, 3.63) is 48.3 Å². The second-order valence-electron chi connectivity index (χ2n) is 5.31. The van der Waals surface area contributed by atoms with E-state index in [1.807, 2.05) is 19.2 Å². The van der Waals surface area contributed by atoms with E-state index in [-0.39, 0.29) is 17.5 Å². The van der Waals surface area contributed by atoms with Gasteiger partial charge in [0.05, 0.1) is 5.69 Å². The molecule has 1 aromatic carbocycles. The van der Waals surface area contributed by atoms with Crippen LogP contribution in [0.15, 0.2) is 42.6 Å². The SMILES string of the molecule is CNCCCC(=O)Nc1ccccc1Oc1ccnc(C(=O)NC)c1. The third-order valence-corrected chi connectivity index (χ3v) is 3.41. The van der Waals surface area contributed by atoms with Gasteiger partial charge in [-0.25, -0.2) is 0 Å². The molecule has 0 aliphatic rings. The molecule has 2 amide bonds. The highest BCUT2D eigenvalue weighted by atomic mass is 16.5. The largest absolute Gasteiger partial charge is 0.455 e. The number of ether oxygens (including phenoxy) is 1. The minimum absolute atomic E-state index is 0.0768. The molecule has 0 unspecified atom stereocenters. The zero-order valence-corrected chi connectivity index (χ0v) is 14.3. The summed E-state index contributed by atoms with van der Waals surface area (Å²) in [6.45, 7) is 0.783. The van der Waals surface area contributed by atoms with Crippen LogP contribution < -0.4 is 20.7 Å². The Morgan fingerprint density at radius 3 is 2.72 bits per heavy atom. The Kier molecular flexibility index (Phi) is 6.91. The van der Waals surface area contributed by atoms with Crippen molar-refractivity contribution in [1.29, 1.82) is 0 Å². The Labute approximate surface area is 146 Å². The van der Waals surface area contributed by atoms with Gasteiger partial charge < -0.3 is 20.7 Å². The number of nitrogens with zero attached hydrogens (tertiary/aromatic N) is 1. The maximum atomic E-state index is 12.0. The van der Waals surface area contributed by atoms with Gasteiger partial charge in [-0.2, -0.15) is 0 Å². The van der Waals surface area contributed by atoms with Gasteiger partial charge >= 0.3 is 0 Å². The van der Waals surface area contributed by atoms with Crippen molar-refractivity contribution >= 4 is 17.5 Å². The molecule has 0 aliphatic heterocycles. The van der Waals surface area contributed by atoms with Crippen LogP contribution in [-0.4, -0.2) is 37.4 Å². The summed E-state index contributed by atoms with van der Waals surface area (Å²) in [6.07, 6.45) is 2.68. The van der Waals surface area contributed by atoms with Crippen molar-refractivity contribution in [2.24, 2.45) is 0 Å². The Balaban J connectivity index is 2.10. The number of carbonyl (C=O) groups excluding carboxylic acids is 2. The molecule has 0 radical (unpaired) electrons. The van der Waals surface area contributed by atoms with Crippen LogP contribution in [0, 0.1) is 0 Å². The van der Waals surface area contributed by atoms with Crippen LogP contribution in [0.1, 0.15) is 23.3 Å². The Bertz CT molecular complexity index is 734. The number of carbonyl (C=O) groups is 2. The molecular formula is C18H22N4O3. The van der Waals surface area contributed by atoms with Gasteiger partial charge in [0.1, 0.15) is 11.4 Å². The van der Waals surface area contributed by atoms with Gasteiger partial charge in [-0.15, -0.1) is 0 Å². The molecular weight excluding hydrogens is 320 g/mol. The molecule has 0 aliphatic carbocycles. The number of aromatic nitrogens is 1. The number of rotatable bonds is 8. The standard InChI is InChI=1S/C18H22N4O3/c1-19-10-5-8-17(23)22-14-6-3-4-7-16(14)25-13-9-11-21-15(12-13)18(24)20-2/h3-4,6-7,9,11-12,19H,5,8,10H2,1-2H3,(H,20,24)(H,22,23). The summed E-state index contributed by atoms with van der Waals surface area (Å²) in [5.41, 5.74) is 0.837. The summed E-state index contributed by atoms with van der Waals surface area (Å²) in [5.74, 6) is 0.590. The minimum Gasteiger partial charge on any atom is -0.455 e. The van der Waals surface area contributed by atoms with Gasteiger partial charge in [0, 0.05) is 25.7 Å². The van der Waals surface area contributed by atoms with Crippen molar-refractivity contribution in [3.8, 4) is 11.5 Å². The van der Waals surface area contributed by atoms with E-state index in [4.69, 9.17) is 4.74 Å². The van der Waals surface area contributed by atoms with Gasteiger partial charge in [0.25, 0.3) is 5.91 Å². The van der Waals surface area contributed by atoms with Crippen molar-refractivity contribution in [2.45, 2.75) is 12.8 Å². The van der Waals surface area contributed by atoms with E-state index in [2.05, 4.69) is 20.9 Å². The molecule has 25 heavy (non-hydrogen) atoms. The summed E-state index contributed by atoms with van der Waals surface area (Å²) in [4.78, 5) is 27.7. The molecule has 2 rings (SSSR count). The fourth-order valence-electron chi connectivity index (χ4n) is 2.15. The maximum Gasteiger partial charge on any atom is 0.269 e. The topological polar surface area (TPSA) is 92.3 Å². The van der Waals surface area contributed by atoms with E-state index in [9.17, 15) is 9.59 Å². The Morgan fingerprint density at radius 1 is 1.16 bits per heavy atom. The first kappa shape index (κ1) is 18.4. The number of benzene rings is 1. The summed E-state index contributed by atoms with van der Waals surface area (Å²) in [5, 5.41) is 8.37. The lowest BCUT2D eigenvalue weighted by Crippen LogP contribution is -2.19. The van der Waals surface area contributed by atoms with E-state index >= 15 is 0 Å². The third kappa shape index (κ3) is 5.58. The average molecular weight is 342 g/mol. The van der Waals surface area contributed by atoms with Gasteiger partial charge in [0.2, 0.25) is 5.91 Å². The lowest BCUT2D eigenvalue weighted by molar-refractivity contribution is -0.116. The predicted octanol–water partition coefficient (Wildman–Crippen LogP) is 2.17. The van der Waals surface area contributed by atoms with Crippen molar-refractivity contribution < 1.29 is 14.3 Å². The molecule has 0 fully saturated rings. The van der Waals surface area contributed by atoms with E-state index in [1.165, 1.54) is 13.2 Å². The first-order valence-corrected chi connectivity index (χ1v) is 8.03. The van der Waals surface area contributed by atoms with E-state index in [0.717, 1.165) is 13.0 Å². The summed E-state index contributed by atoms with van der Waals surface area (Å²) >= 11 is 0. The average Bonchev–Trinajstić information content (AvgIpc) is 2.63. The van der Waals surface area contributed by atoms with Gasteiger partial charge in [-0.3, -0.25) is 14.6 Å². The molecule has 0 atom stereocenters. The van der Waals surface area contributed by atoms with Gasteiger partial charge in [0.15, 0.2) is 5.75 Å². The fraction of sp³-hybridized carbons (Fsp3) is 0.278. The molecule has 0 bridgehead atoms. The molecule has 1 heterocycles. The maximum absolute atomic E-state index is 12.0. The van der Waals surface area contributed by atoms with E-state index in [0.29, 0.717) is 23.6 Å².